The Morgan fingerprint density at radius 2 is 1.84 bits per heavy atom. The second kappa shape index (κ2) is 6.83. The summed E-state index contributed by atoms with van der Waals surface area (Å²) in [4.78, 5) is 17.2. The number of carbonyl (C=O) groups excluding carboxylic acids is 1. The molecule has 1 aromatic carbocycles. The highest BCUT2D eigenvalue weighted by Gasteiger charge is 2.24. The first-order valence-corrected chi connectivity index (χ1v) is 9.66. The summed E-state index contributed by atoms with van der Waals surface area (Å²) in [6.07, 6.45) is 0. The predicted molar refractivity (Wildman–Crippen MR) is 103 cm³/mol. The maximum absolute atomic E-state index is 12.9. The molecule has 3 aromatic rings. The molecule has 1 fully saturated rings. The molecule has 0 spiro atoms. The minimum atomic E-state index is 0.136. The molecule has 1 aliphatic heterocycles. The van der Waals surface area contributed by atoms with Crippen LogP contribution in [0.1, 0.15) is 16.1 Å². The third-order valence-corrected chi connectivity index (χ3v) is 5.97. The van der Waals surface area contributed by atoms with Crippen molar-refractivity contribution in [3.63, 3.8) is 0 Å². The topological polar surface area (TPSA) is 28.5 Å². The first-order chi connectivity index (χ1) is 12.1. The average Bonchev–Trinajstić information content (AvgIpc) is 3.20. The van der Waals surface area contributed by atoms with Crippen LogP contribution in [0.15, 0.2) is 41.8 Å². The molecule has 0 bridgehead atoms. The van der Waals surface area contributed by atoms with E-state index < -0.39 is 0 Å². The number of hydrogen-bond donors (Lipinski definition) is 0. The molecule has 0 atom stereocenters. The molecular formula is C19H20ClN3OS. The van der Waals surface area contributed by atoms with Gasteiger partial charge in [-0.15, -0.1) is 11.3 Å². The molecule has 0 radical (unpaired) electrons. The molecular weight excluding hydrogens is 354 g/mol. The Kier molecular flexibility index (Phi) is 4.54. The molecule has 4 rings (SSSR count). The van der Waals surface area contributed by atoms with Gasteiger partial charge in [0.25, 0.3) is 5.91 Å². The van der Waals surface area contributed by atoms with Crippen molar-refractivity contribution >= 4 is 39.1 Å². The van der Waals surface area contributed by atoms with Crippen molar-refractivity contribution in [1.29, 1.82) is 0 Å². The van der Waals surface area contributed by atoms with Gasteiger partial charge in [0, 0.05) is 44.8 Å². The van der Waals surface area contributed by atoms with Crippen LogP contribution in [0.5, 0.6) is 0 Å². The van der Waals surface area contributed by atoms with Gasteiger partial charge >= 0.3 is 0 Å². The van der Waals surface area contributed by atoms with Crippen LogP contribution in [0.2, 0.25) is 5.02 Å². The molecule has 4 nitrogen and oxygen atoms in total. The molecule has 1 aliphatic rings. The zero-order valence-corrected chi connectivity index (χ0v) is 15.7. The maximum Gasteiger partial charge on any atom is 0.270 e. The molecule has 0 N–H and O–H groups in total. The van der Waals surface area contributed by atoms with Crippen LogP contribution in [0, 0.1) is 0 Å². The zero-order chi connectivity index (χ0) is 17.4. The van der Waals surface area contributed by atoms with E-state index in [2.05, 4.69) is 28.5 Å². The number of carbonyl (C=O) groups is 1. The van der Waals surface area contributed by atoms with Gasteiger partial charge in [-0.05, 0) is 35.2 Å². The second-order valence-corrected chi connectivity index (χ2v) is 7.84. The van der Waals surface area contributed by atoms with Crippen LogP contribution in [0.25, 0.3) is 10.2 Å². The number of hydrogen-bond acceptors (Lipinski definition) is 3. The quantitative estimate of drug-likeness (QED) is 0.697. The van der Waals surface area contributed by atoms with E-state index in [9.17, 15) is 4.79 Å². The van der Waals surface area contributed by atoms with Crippen molar-refractivity contribution in [2.75, 3.05) is 26.2 Å². The zero-order valence-electron chi connectivity index (χ0n) is 14.1. The van der Waals surface area contributed by atoms with E-state index in [4.69, 9.17) is 11.6 Å². The molecule has 25 heavy (non-hydrogen) atoms. The third-order valence-electron chi connectivity index (χ3n) is 4.86. The number of aromatic nitrogens is 1. The molecule has 6 heteroatoms. The SMILES string of the molecule is Cn1c(C(=O)N2CCN(Cc3ccc(Cl)cc3)CC2)cc2sccc21. The Bertz CT molecular complexity index is 891. The van der Waals surface area contributed by atoms with E-state index >= 15 is 0 Å². The Labute approximate surface area is 156 Å². The van der Waals surface area contributed by atoms with Gasteiger partial charge in [0.1, 0.15) is 5.69 Å². The van der Waals surface area contributed by atoms with E-state index in [1.807, 2.05) is 34.7 Å². The van der Waals surface area contributed by atoms with Crippen LogP contribution < -0.4 is 0 Å². The van der Waals surface area contributed by atoms with Gasteiger partial charge in [0.2, 0.25) is 0 Å². The minimum absolute atomic E-state index is 0.136. The minimum Gasteiger partial charge on any atom is -0.339 e. The number of fused-ring (bicyclic) bond motifs is 1. The third kappa shape index (κ3) is 3.32. The van der Waals surface area contributed by atoms with Crippen molar-refractivity contribution < 1.29 is 4.79 Å². The van der Waals surface area contributed by atoms with Gasteiger partial charge in [-0.3, -0.25) is 9.69 Å². The van der Waals surface area contributed by atoms with Crippen LogP contribution >= 0.6 is 22.9 Å². The smallest absolute Gasteiger partial charge is 0.270 e. The highest BCUT2D eigenvalue weighted by Crippen LogP contribution is 2.25. The first-order valence-electron chi connectivity index (χ1n) is 8.41. The Hall–Kier alpha value is -1.82. The predicted octanol–water partition coefficient (Wildman–Crippen LogP) is 3.85. The summed E-state index contributed by atoms with van der Waals surface area (Å²) in [5, 5.41) is 2.83. The van der Waals surface area contributed by atoms with E-state index in [0.29, 0.717) is 0 Å². The summed E-state index contributed by atoms with van der Waals surface area (Å²) in [6.45, 7) is 4.23. The summed E-state index contributed by atoms with van der Waals surface area (Å²) in [5.41, 5.74) is 3.18. The fourth-order valence-electron chi connectivity index (χ4n) is 3.37. The Morgan fingerprint density at radius 3 is 2.52 bits per heavy atom. The maximum atomic E-state index is 12.9. The lowest BCUT2D eigenvalue weighted by Crippen LogP contribution is -2.48. The average molecular weight is 374 g/mol. The number of rotatable bonds is 3. The summed E-state index contributed by atoms with van der Waals surface area (Å²) in [5.74, 6) is 0.136. The molecule has 0 saturated carbocycles. The number of aryl methyl sites for hydroxylation is 1. The normalized spacial score (nSPS) is 15.8. The molecule has 1 saturated heterocycles. The van der Waals surface area contributed by atoms with Gasteiger partial charge in [-0.2, -0.15) is 0 Å². The van der Waals surface area contributed by atoms with Gasteiger partial charge in [0.15, 0.2) is 0 Å². The summed E-state index contributed by atoms with van der Waals surface area (Å²) in [6, 6.07) is 12.1. The van der Waals surface area contributed by atoms with Crippen molar-refractivity contribution in [1.82, 2.24) is 14.4 Å². The number of benzene rings is 1. The summed E-state index contributed by atoms with van der Waals surface area (Å²) >= 11 is 7.62. The monoisotopic (exact) mass is 373 g/mol. The molecule has 130 valence electrons. The highest BCUT2D eigenvalue weighted by molar-refractivity contribution is 7.17. The largest absolute Gasteiger partial charge is 0.339 e. The fraction of sp³-hybridized carbons (Fsp3) is 0.316. The van der Waals surface area contributed by atoms with E-state index in [0.717, 1.165) is 49.0 Å². The lowest BCUT2D eigenvalue weighted by atomic mass is 10.2. The molecule has 0 unspecified atom stereocenters. The van der Waals surface area contributed by atoms with Crippen molar-refractivity contribution in [3.8, 4) is 0 Å². The first kappa shape index (κ1) is 16.6. The number of thiophene rings is 1. The molecule has 2 aromatic heterocycles. The second-order valence-electron chi connectivity index (χ2n) is 6.45. The van der Waals surface area contributed by atoms with Gasteiger partial charge in [-0.1, -0.05) is 23.7 Å². The Balaban J connectivity index is 1.39. The van der Waals surface area contributed by atoms with Crippen LogP contribution in [0.4, 0.5) is 0 Å². The molecule has 1 amide bonds. The van der Waals surface area contributed by atoms with Crippen molar-refractivity contribution in [3.05, 3.63) is 58.1 Å². The van der Waals surface area contributed by atoms with Crippen LogP contribution in [0.3, 0.4) is 0 Å². The van der Waals surface area contributed by atoms with E-state index in [1.54, 1.807) is 11.3 Å². The van der Waals surface area contributed by atoms with E-state index in [-0.39, 0.29) is 5.91 Å². The number of nitrogens with zero attached hydrogens (tertiary/aromatic N) is 3. The molecule has 0 aliphatic carbocycles. The van der Waals surface area contributed by atoms with Crippen LogP contribution in [-0.2, 0) is 13.6 Å². The number of halogens is 1. The lowest BCUT2D eigenvalue weighted by molar-refractivity contribution is 0.0619. The lowest BCUT2D eigenvalue weighted by Gasteiger charge is -2.34. The van der Waals surface area contributed by atoms with Crippen molar-refractivity contribution in [2.45, 2.75) is 6.54 Å². The van der Waals surface area contributed by atoms with Crippen molar-refractivity contribution in [2.24, 2.45) is 7.05 Å². The van der Waals surface area contributed by atoms with Gasteiger partial charge in [-0.25, -0.2) is 0 Å². The number of piperazine rings is 1. The fourth-order valence-corrected chi connectivity index (χ4v) is 4.35. The molecule has 3 heterocycles. The summed E-state index contributed by atoms with van der Waals surface area (Å²) in [7, 11) is 1.97. The summed E-state index contributed by atoms with van der Waals surface area (Å²) < 4.78 is 3.18. The number of amides is 1. The highest BCUT2D eigenvalue weighted by atomic mass is 35.5. The van der Waals surface area contributed by atoms with Crippen LogP contribution in [-0.4, -0.2) is 46.5 Å². The Morgan fingerprint density at radius 1 is 1.12 bits per heavy atom. The van der Waals surface area contributed by atoms with Gasteiger partial charge < -0.3 is 9.47 Å². The van der Waals surface area contributed by atoms with Gasteiger partial charge in [0.05, 0.1) is 10.2 Å². The standard InChI is InChI=1S/C19H20ClN3OS/c1-21-16-6-11-25-18(16)12-17(21)19(24)23-9-7-22(8-10-23)13-14-2-4-15(20)5-3-14/h2-6,11-12H,7-10,13H2,1H3. The van der Waals surface area contributed by atoms with E-state index in [1.165, 1.54) is 10.3 Å².